The van der Waals surface area contributed by atoms with E-state index in [0.29, 0.717) is 0 Å². The molecule has 0 aliphatic heterocycles. The molecule has 0 bridgehead atoms. The van der Waals surface area contributed by atoms with E-state index >= 15 is 0 Å². The molecule has 334 valence electrons. The van der Waals surface area contributed by atoms with E-state index in [1.54, 1.807) is 0 Å². The Balaban J connectivity index is 0.935. The van der Waals surface area contributed by atoms with Crippen LogP contribution in [-0.4, -0.2) is 0 Å². The monoisotopic (exact) mass is 880 g/mol. The number of unbranched alkanes of at least 4 members (excludes halogenated alkanes) is 2. The summed E-state index contributed by atoms with van der Waals surface area (Å²) in [4.78, 5) is 4.71. The minimum atomic E-state index is 1.11. The topological polar surface area (TPSA) is 6.48 Å². The molecule has 0 atom stereocenters. The molecule has 2 nitrogen and oxygen atoms in total. The second kappa shape index (κ2) is 22.5. The standard InChI is InChI=1S/C66H60N2/c1-3-5-13-53-23-39-61(40-24-53)67(63-43-27-55(28-44-63)21-19-51-15-9-7-10-16-51)65-47-35-59(36-48-65)57-31-33-58(34-32-57)60-37-49-66(50-38-60)68(62-41-25-54(26-42-62)14-6-4-2)64-45-29-56(30-46-64)22-20-52-17-11-8-12-18-52/h7-12,15-50H,3-6,13-14H2,1-2H3/b21-19+,22-20+. The van der Waals surface area contributed by atoms with Gasteiger partial charge in [0, 0.05) is 34.1 Å². The Kier molecular flexibility index (Phi) is 15.0. The third-order valence-corrected chi connectivity index (χ3v) is 12.7. The number of hydrogen-bond donors (Lipinski definition) is 0. The lowest BCUT2D eigenvalue weighted by atomic mass is 9.99. The van der Waals surface area contributed by atoms with Gasteiger partial charge in [0.05, 0.1) is 0 Å². The molecule has 68 heavy (non-hydrogen) atoms. The summed E-state index contributed by atoms with van der Waals surface area (Å²) in [5.41, 5.74) is 19.0. The van der Waals surface area contributed by atoms with E-state index in [2.05, 4.69) is 278 Å². The van der Waals surface area contributed by atoms with E-state index in [-0.39, 0.29) is 0 Å². The second-order valence-electron chi connectivity index (χ2n) is 17.6. The van der Waals surface area contributed by atoms with Crippen LogP contribution >= 0.6 is 0 Å². The fraction of sp³-hybridized carbons (Fsp3) is 0.121. The van der Waals surface area contributed by atoms with Gasteiger partial charge in [-0.3, -0.25) is 0 Å². The molecule has 0 saturated heterocycles. The third-order valence-electron chi connectivity index (χ3n) is 12.7. The molecule has 0 N–H and O–H groups in total. The lowest BCUT2D eigenvalue weighted by Gasteiger charge is -2.26. The van der Waals surface area contributed by atoms with Gasteiger partial charge in [-0.2, -0.15) is 0 Å². The summed E-state index contributed by atoms with van der Waals surface area (Å²) in [6.07, 6.45) is 15.7. The number of anilines is 6. The summed E-state index contributed by atoms with van der Waals surface area (Å²) < 4.78 is 0. The van der Waals surface area contributed by atoms with Gasteiger partial charge in [-0.15, -0.1) is 0 Å². The highest BCUT2D eigenvalue weighted by Crippen LogP contribution is 2.38. The Morgan fingerprint density at radius 3 is 0.779 bits per heavy atom. The maximum absolute atomic E-state index is 2.36. The van der Waals surface area contributed by atoms with Gasteiger partial charge >= 0.3 is 0 Å². The zero-order valence-corrected chi connectivity index (χ0v) is 39.4. The molecule has 9 rings (SSSR count). The van der Waals surface area contributed by atoms with Crippen molar-refractivity contribution >= 4 is 58.4 Å². The van der Waals surface area contributed by atoms with Crippen molar-refractivity contribution in [2.75, 3.05) is 9.80 Å². The summed E-state index contributed by atoms with van der Waals surface area (Å²) in [5.74, 6) is 0. The lowest BCUT2D eigenvalue weighted by Crippen LogP contribution is -2.10. The number of aryl methyl sites for hydroxylation is 2. The second-order valence-corrected chi connectivity index (χ2v) is 17.6. The van der Waals surface area contributed by atoms with Gasteiger partial charge in [-0.1, -0.05) is 209 Å². The third kappa shape index (κ3) is 11.5. The van der Waals surface area contributed by atoms with Crippen LogP contribution in [0, 0.1) is 0 Å². The van der Waals surface area contributed by atoms with Crippen molar-refractivity contribution in [3.05, 3.63) is 264 Å². The van der Waals surface area contributed by atoms with Crippen LogP contribution in [0.4, 0.5) is 34.1 Å². The fourth-order valence-electron chi connectivity index (χ4n) is 8.72. The summed E-state index contributed by atoms with van der Waals surface area (Å²) in [6.45, 7) is 4.50. The molecule has 0 aliphatic rings. The summed E-state index contributed by atoms with van der Waals surface area (Å²) >= 11 is 0. The van der Waals surface area contributed by atoms with Crippen LogP contribution in [-0.2, 0) is 12.8 Å². The maximum Gasteiger partial charge on any atom is 0.0462 e. The van der Waals surface area contributed by atoms with Gasteiger partial charge in [0.1, 0.15) is 0 Å². The quantitative estimate of drug-likeness (QED) is 0.0793. The Morgan fingerprint density at radius 2 is 0.500 bits per heavy atom. The van der Waals surface area contributed by atoms with Crippen LogP contribution in [0.5, 0.6) is 0 Å². The highest BCUT2D eigenvalue weighted by atomic mass is 15.1. The first kappa shape index (κ1) is 45.2. The zero-order valence-electron chi connectivity index (χ0n) is 39.4. The normalized spacial score (nSPS) is 11.3. The van der Waals surface area contributed by atoms with Crippen molar-refractivity contribution in [3.8, 4) is 22.3 Å². The van der Waals surface area contributed by atoms with Gasteiger partial charge in [-0.25, -0.2) is 0 Å². The number of benzene rings is 9. The van der Waals surface area contributed by atoms with E-state index in [1.807, 2.05) is 0 Å². The van der Waals surface area contributed by atoms with Crippen LogP contribution in [0.2, 0.25) is 0 Å². The Hall–Kier alpha value is -7.94. The van der Waals surface area contributed by atoms with Gasteiger partial charge in [0.15, 0.2) is 0 Å². The van der Waals surface area contributed by atoms with Crippen LogP contribution in [0.15, 0.2) is 231 Å². The predicted molar refractivity (Wildman–Crippen MR) is 295 cm³/mol. The summed E-state index contributed by atoms with van der Waals surface area (Å²) in [6, 6.07) is 83.7. The average molecular weight is 881 g/mol. The molecule has 9 aromatic rings. The van der Waals surface area contributed by atoms with E-state index in [1.165, 1.54) is 81.3 Å². The smallest absolute Gasteiger partial charge is 0.0462 e. The van der Waals surface area contributed by atoms with Gasteiger partial charge in [0.25, 0.3) is 0 Å². The molecule has 2 heteroatoms. The molecule has 0 spiro atoms. The first-order valence-electron chi connectivity index (χ1n) is 24.4. The number of rotatable bonds is 18. The van der Waals surface area contributed by atoms with E-state index < -0.39 is 0 Å². The van der Waals surface area contributed by atoms with Crippen molar-refractivity contribution in [2.24, 2.45) is 0 Å². The van der Waals surface area contributed by atoms with Crippen molar-refractivity contribution in [3.63, 3.8) is 0 Å². The minimum absolute atomic E-state index is 1.11. The Labute approximate surface area is 404 Å². The molecule has 0 heterocycles. The Morgan fingerprint density at radius 1 is 0.265 bits per heavy atom. The average Bonchev–Trinajstić information content (AvgIpc) is 3.41. The molecule has 0 fully saturated rings. The van der Waals surface area contributed by atoms with Crippen LogP contribution in [0.3, 0.4) is 0 Å². The highest BCUT2D eigenvalue weighted by molar-refractivity contribution is 5.82. The molecular weight excluding hydrogens is 821 g/mol. The van der Waals surface area contributed by atoms with Crippen LogP contribution in [0.1, 0.15) is 72.9 Å². The zero-order chi connectivity index (χ0) is 46.3. The van der Waals surface area contributed by atoms with Gasteiger partial charge in [-0.05, 0) is 154 Å². The van der Waals surface area contributed by atoms with Gasteiger partial charge < -0.3 is 9.80 Å². The van der Waals surface area contributed by atoms with Crippen molar-refractivity contribution in [1.82, 2.24) is 0 Å². The predicted octanol–water partition coefficient (Wildman–Crippen LogP) is 19.0. The van der Waals surface area contributed by atoms with Crippen molar-refractivity contribution in [2.45, 2.75) is 52.4 Å². The first-order valence-corrected chi connectivity index (χ1v) is 24.4. The van der Waals surface area contributed by atoms with E-state index in [4.69, 9.17) is 0 Å². The molecule has 0 amide bonds. The van der Waals surface area contributed by atoms with Crippen LogP contribution in [0.25, 0.3) is 46.6 Å². The molecule has 9 aromatic carbocycles. The van der Waals surface area contributed by atoms with E-state index in [9.17, 15) is 0 Å². The van der Waals surface area contributed by atoms with Gasteiger partial charge in [0.2, 0.25) is 0 Å². The van der Waals surface area contributed by atoms with Crippen LogP contribution < -0.4 is 9.80 Å². The molecule has 0 radical (unpaired) electrons. The SMILES string of the molecule is CCCCc1ccc(N(c2ccc(/C=C/c3ccccc3)cc2)c2ccc(-c3ccc(-c4ccc(N(c5ccc(/C=C/c6ccccc6)cc5)c5ccc(CCCC)cc5)cc4)cc3)cc2)cc1. The first-order chi connectivity index (χ1) is 33.6. The Bertz CT molecular complexity index is 2780. The minimum Gasteiger partial charge on any atom is -0.311 e. The maximum atomic E-state index is 2.36. The number of hydrogen-bond acceptors (Lipinski definition) is 2. The highest BCUT2D eigenvalue weighted by Gasteiger charge is 2.15. The van der Waals surface area contributed by atoms with Crippen molar-refractivity contribution in [1.29, 1.82) is 0 Å². The molecule has 0 aromatic heterocycles. The summed E-state index contributed by atoms with van der Waals surface area (Å²) in [5, 5.41) is 0. The van der Waals surface area contributed by atoms with Crippen molar-refractivity contribution < 1.29 is 0 Å². The number of nitrogens with zero attached hydrogens (tertiary/aromatic N) is 2. The summed E-state index contributed by atoms with van der Waals surface area (Å²) in [7, 11) is 0. The molecule has 0 aliphatic carbocycles. The molecular formula is C66H60N2. The lowest BCUT2D eigenvalue weighted by molar-refractivity contribution is 0.795. The van der Waals surface area contributed by atoms with E-state index in [0.717, 1.165) is 47.0 Å². The fourth-order valence-corrected chi connectivity index (χ4v) is 8.72. The largest absolute Gasteiger partial charge is 0.311 e. The molecule has 0 unspecified atom stereocenters. The molecule has 0 saturated carbocycles.